The number of carbonyl (C=O) groups excluding carboxylic acids is 1. The average Bonchev–Trinajstić information content (AvgIpc) is 2.97. The van der Waals surface area contributed by atoms with Crippen LogP contribution >= 0.6 is 22.9 Å². The topological polar surface area (TPSA) is 93.8 Å². The fourth-order valence-corrected chi connectivity index (χ4v) is 2.38. The highest BCUT2D eigenvalue weighted by Crippen LogP contribution is 2.22. The largest absolute Gasteiger partial charge is 0.484 e. The highest BCUT2D eigenvalue weighted by molar-refractivity contribution is 7.16. The van der Waals surface area contributed by atoms with Crippen LogP contribution in [0.4, 0.5) is 5.00 Å². The van der Waals surface area contributed by atoms with Gasteiger partial charge in [-0.2, -0.15) is 5.10 Å². The molecule has 1 aromatic carbocycles. The number of nitrogens with zero attached hydrogens (tertiary/aromatic N) is 2. The molecule has 0 spiro atoms. The summed E-state index contributed by atoms with van der Waals surface area (Å²) in [6.07, 6.45) is 1.34. The van der Waals surface area contributed by atoms with E-state index in [9.17, 15) is 14.9 Å². The summed E-state index contributed by atoms with van der Waals surface area (Å²) in [6.45, 7) is 1.63. The second-order valence-electron chi connectivity index (χ2n) is 4.43. The van der Waals surface area contributed by atoms with Crippen molar-refractivity contribution in [2.45, 2.75) is 6.92 Å². The van der Waals surface area contributed by atoms with Crippen LogP contribution in [0.25, 0.3) is 0 Å². The molecule has 0 aliphatic heterocycles. The molecule has 1 heterocycles. The third-order valence-corrected chi connectivity index (χ3v) is 4.07. The van der Waals surface area contributed by atoms with Crippen molar-refractivity contribution in [2.24, 2.45) is 5.10 Å². The van der Waals surface area contributed by atoms with Crippen molar-refractivity contribution in [3.63, 3.8) is 0 Å². The van der Waals surface area contributed by atoms with E-state index in [-0.39, 0.29) is 11.6 Å². The fraction of sp³-hybridized carbons (Fsp3) is 0.143. The van der Waals surface area contributed by atoms with E-state index in [0.29, 0.717) is 15.6 Å². The molecule has 9 heteroatoms. The summed E-state index contributed by atoms with van der Waals surface area (Å²) < 4.78 is 5.31. The smallest absolute Gasteiger partial charge is 0.324 e. The number of ether oxygens (including phenoxy) is 1. The minimum atomic E-state index is -0.484. The Morgan fingerprint density at radius 2 is 2.26 bits per heavy atom. The zero-order valence-electron chi connectivity index (χ0n) is 12.0. The van der Waals surface area contributed by atoms with Crippen LogP contribution in [-0.2, 0) is 4.79 Å². The average molecular weight is 354 g/mol. The lowest BCUT2D eigenvalue weighted by Gasteiger charge is -2.06. The molecule has 1 aromatic heterocycles. The predicted octanol–water partition coefficient (Wildman–Crippen LogP) is 3.15. The maximum absolute atomic E-state index is 11.6. The molecule has 23 heavy (non-hydrogen) atoms. The van der Waals surface area contributed by atoms with Crippen molar-refractivity contribution >= 4 is 40.1 Å². The van der Waals surface area contributed by atoms with E-state index in [1.54, 1.807) is 24.3 Å². The SMILES string of the molecule is Cc1cc(OCC(=O)NN=Cc2ccc([N+](=O)[O-])s2)ccc1Cl. The minimum absolute atomic E-state index is 0.0132. The van der Waals surface area contributed by atoms with Gasteiger partial charge in [-0.15, -0.1) is 0 Å². The highest BCUT2D eigenvalue weighted by atomic mass is 35.5. The second kappa shape index (κ2) is 7.70. The van der Waals surface area contributed by atoms with Crippen LogP contribution < -0.4 is 10.2 Å². The number of benzene rings is 1. The Morgan fingerprint density at radius 1 is 1.48 bits per heavy atom. The summed E-state index contributed by atoms with van der Waals surface area (Å²) in [5.74, 6) is 0.0832. The molecule has 0 aliphatic rings. The van der Waals surface area contributed by atoms with E-state index in [0.717, 1.165) is 16.9 Å². The third kappa shape index (κ3) is 5.04. The number of hydrazone groups is 1. The summed E-state index contributed by atoms with van der Waals surface area (Å²) in [6, 6.07) is 8.00. The quantitative estimate of drug-likeness (QED) is 0.490. The molecule has 0 saturated carbocycles. The summed E-state index contributed by atoms with van der Waals surface area (Å²) in [5, 5.41) is 14.9. The molecule has 2 rings (SSSR count). The van der Waals surface area contributed by atoms with E-state index >= 15 is 0 Å². The molecule has 0 unspecified atom stereocenters. The number of nitrogens with one attached hydrogen (secondary N) is 1. The maximum atomic E-state index is 11.6. The van der Waals surface area contributed by atoms with Crippen molar-refractivity contribution in [3.05, 3.63) is 55.9 Å². The monoisotopic (exact) mass is 353 g/mol. The standard InChI is InChI=1S/C14H12ClN3O4S/c1-9-6-10(2-4-12(9)15)22-8-13(19)17-16-7-11-3-5-14(23-11)18(20)21/h2-7H,8H2,1H3,(H,17,19). The molecule has 0 fully saturated rings. The molecule has 120 valence electrons. The van der Waals surface area contributed by atoms with Crippen molar-refractivity contribution in [1.82, 2.24) is 5.43 Å². The first-order valence-electron chi connectivity index (χ1n) is 6.41. The molecular weight excluding hydrogens is 342 g/mol. The number of nitro groups is 1. The van der Waals surface area contributed by atoms with Crippen LogP contribution in [0.3, 0.4) is 0 Å². The number of thiophene rings is 1. The number of hydrogen-bond donors (Lipinski definition) is 1. The van der Waals surface area contributed by atoms with Crippen LogP contribution in [0.15, 0.2) is 35.4 Å². The summed E-state index contributed by atoms with van der Waals surface area (Å²) in [4.78, 5) is 22.2. The Labute approximate surface area is 140 Å². The summed E-state index contributed by atoms with van der Waals surface area (Å²) >= 11 is 6.86. The minimum Gasteiger partial charge on any atom is -0.484 e. The number of hydrogen-bond acceptors (Lipinski definition) is 6. The molecular formula is C14H12ClN3O4S. The molecule has 0 bridgehead atoms. The Kier molecular flexibility index (Phi) is 5.67. The van der Waals surface area contributed by atoms with Gasteiger partial charge >= 0.3 is 5.00 Å². The van der Waals surface area contributed by atoms with Crippen LogP contribution in [0.5, 0.6) is 5.75 Å². The first-order valence-corrected chi connectivity index (χ1v) is 7.60. The zero-order valence-corrected chi connectivity index (χ0v) is 13.6. The van der Waals surface area contributed by atoms with Crippen LogP contribution in [0.1, 0.15) is 10.4 Å². The van der Waals surface area contributed by atoms with Gasteiger partial charge in [0, 0.05) is 11.1 Å². The van der Waals surface area contributed by atoms with E-state index in [2.05, 4.69) is 10.5 Å². The lowest BCUT2D eigenvalue weighted by Crippen LogP contribution is -2.24. The van der Waals surface area contributed by atoms with Crippen molar-refractivity contribution in [1.29, 1.82) is 0 Å². The lowest BCUT2D eigenvalue weighted by molar-refractivity contribution is -0.380. The Balaban J connectivity index is 1.81. The van der Waals surface area contributed by atoms with Gasteiger partial charge in [0.05, 0.1) is 16.0 Å². The van der Waals surface area contributed by atoms with Crippen LogP contribution in [0, 0.1) is 17.0 Å². The Bertz CT molecular complexity index is 760. The van der Waals surface area contributed by atoms with Crippen molar-refractivity contribution in [2.75, 3.05) is 6.61 Å². The molecule has 7 nitrogen and oxygen atoms in total. The van der Waals surface area contributed by atoms with E-state index < -0.39 is 10.8 Å². The van der Waals surface area contributed by atoms with Gasteiger partial charge in [-0.1, -0.05) is 22.9 Å². The molecule has 0 atom stereocenters. The molecule has 0 saturated heterocycles. The van der Waals surface area contributed by atoms with Gasteiger partial charge in [0.1, 0.15) is 5.75 Å². The number of rotatable bonds is 6. The van der Waals surface area contributed by atoms with Gasteiger partial charge in [0.2, 0.25) is 0 Å². The molecule has 1 N–H and O–H groups in total. The second-order valence-corrected chi connectivity index (χ2v) is 5.93. The van der Waals surface area contributed by atoms with Gasteiger partial charge in [0.15, 0.2) is 6.61 Å². The fourth-order valence-electron chi connectivity index (χ4n) is 1.57. The van der Waals surface area contributed by atoms with Gasteiger partial charge in [-0.05, 0) is 36.8 Å². The van der Waals surface area contributed by atoms with Gasteiger partial charge < -0.3 is 4.74 Å². The van der Waals surface area contributed by atoms with E-state index in [4.69, 9.17) is 16.3 Å². The van der Waals surface area contributed by atoms with Gasteiger partial charge in [-0.25, -0.2) is 5.43 Å². The van der Waals surface area contributed by atoms with E-state index in [1.165, 1.54) is 12.3 Å². The number of amides is 1. The number of carbonyl (C=O) groups is 1. The predicted molar refractivity (Wildman–Crippen MR) is 88.4 cm³/mol. The zero-order chi connectivity index (χ0) is 16.8. The summed E-state index contributed by atoms with van der Waals surface area (Å²) in [7, 11) is 0. The van der Waals surface area contributed by atoms with Crippen LogP contribution in [0.2, 0.25) is 5.02 Å². The molecule has 1 amide bonds. The maximum Gasteiger partial charge on any atom is 0.324 e. The molecule has 0 radical (unpaired) electrons. The Hall–Kier alpha value is -2.45. The first kappa shape index (κ1) is 16.9. The first-order chi connectivity index (χ1) is 11.0. The third-order valence-electron chi connectivity index (χ3n) is 2.67. The van der Waals surface area contributed by atoms with Crippen molar-refractivity contribution in [3.8, 4) is 5.75 Å². The van der Waals surface area contributed by atoms with Gasteiger partial charge in [-0.3, -0.25) is 14.9 Å². The summed E-state index contributed by atoms with van der Waals surface area (Å²) in [5.41, 5.74) is 3.13. The number of halogens is 1. The molecule has 2 aromatic rings. The Morgan fingerprint density at radius 3 is 2.91 bits per heavy atom. The lowest BCUT2D eigenvalue weighted by atomic mass is 10.2. The normalized spacial score (nSPS) is 10.7. The molecule has 0 aliphatic carbocycles. The highest BCUT2D eigenvalue weighted by Gasteiger charge is 2.08. The van der Waals surface area contributed by atoms with E-state index in [1.807, 2.05) is 6.92 Å². The van der Waals surface area contributed by atoms with Crippen molar-refractivity contribution < 1.29 is 14.5 Å². The van der Waals surface area contributed by atoms with Gasteiger partial charge in [0.25, 0.3) is 5.91 Å². The van der Waals surface area contributed by atoms with Crippen LogP contribution in [-0.4, -0.2) is 23.7 Å². The number of aryl methyl sites for hydroxylation is 1.